The van der Waals surface area contributed by atoms with E-state index in [1.54, 1.807) is 0 Å². The van der Waals surface area contributed by atoms with Crippen LogP contribution in [0, 0.1) is 5.41 Å². The van der Waals surface area contributed by atoms with Gasteiger partial charge in [0.2, 0.25) is 0 Å². The van der Waals surface area contributed by atoms with Gasteiger partial charge >= 0.3 is 0 Å². The van der Waals surface area contributed by atoms with Crippen molar-refractivity contribution in [3.8, 4) is 0 Å². The molecule has 0 aromatic heterocycles. The Kier molecular flexibility index (Phi) is 5.06. The lowest BCUT2D eigenvalue weighted by atomic mass is 9.91. The largest absolute Gasteiger partial charge is 0.413 e. The van der Waals surface area contributed by atoms with Gasteiger partial charge in [-0.1, -0.05) is 27.2 Å². The average Bonchev–Trinajstić information content (AvgIpc) is 1.75. The summed E-state index contributed by atoms with van der Waals surface area (Å²) in [6.07, 6.45) is 2.61. The summed E-state index contributed by atoms with van der Waals surface area (Å²) in [5.74, 6) is 0. The molecule has 0 amide bonds. The smallest absolute Gasteiger partial charge is 0.187 e. The van der Waals surface area contributed by atoms with Crippen LogP contribution in [0.25, 0.3) is 0 Å². The molecule has 0 atom stereocenters. The highest BCUT2D eigenvalue weighted by Crippen LogP contribution is 2.27. The van der Waals surface area contributed by atoms with Gasteiger partial charge in [-0.05, 0) is 51.7 Å². The van der Waals surface area contributed by atoms with E-state index in [4.69, 9.17) is 4.43 Å². The first kappa shape index (κ1) is 15.2. The fourth-order valence-electron chi connectivity index (χ4n) is 1.92. The number of hydrogen-bond donors (Lipinski definition) is 0. The first-order valence-corrected chi connectivity index (χ1v) is 9.23. The van der Waals surface area contributed by atoms with E-state index in [0.717, 1.165) is 0 Å². The molecule has 1 nitrogen and oxygen atoms in total. The van der Waals surface area contributed by atoms with E-state index in [1.165, 1.54) is 18.9 Å². The lowest BCUT2D eigenvalue weighted by Gasteiger charge is -2.33. The standard InChI is InChI=1S/C13H30OSi/c1-12(2,3)10-9-11-15(7,8)14-13(4,5)6/h9-11H2,1-8H3. The fourth-order valence-corrected chi connectivity index (χ4v) is 4.71. The van der Waals surface area contributed by atoms with Crippen LogP contribution in [0.4, 0.5) is 0 Å². The van der Waals surface area contributed by atoms with Crippen LogP contribution in [0.15, 0.2) is 0 Å². The van der Waals surface area contributed by atoms with Gasteiger partial charge in [0.1, 0.15) is 0 Å². The van der Waals surface area contributed by atoms with E-state index < -0.39 is 8.32 Å². The molecule has 2 heteroatoms. The van der Waals surface area contributed by atoms with Crippen molar-refractivity contribution in [2.45, 2.75) is 79.1 Å². The summed E-state index contributed by atoms with van der Waals surface area (Å²) in [5, 5.41) is 0. The minimum Gasteiger partial charge on any atom is -0.413 e. The SMILES string of the molecule is CC(C)(C)CCC[Si](C)(C)OC(C)(C)C. The molecule has 15 heavy (non-hydrogen) atoms. The Bertz CT molecular complexity index is 184. The Labute approximate surface area is 97.7 Å². The molecular weight excluding hydrogens is 200 g/mol. The Morgan fingerprint density at radius 2 is 1.40 bits per heavy atom. The molecule has 0 aliphatic heterocycles. The molecule has 0 aromatic rings. The van der Waals surface area contributed by atoms with Crippen molar-refractivity contribution in [3.63, 3.8) is 0 Å². The predicted octanol–water partition coefficient (Wildman–Crippen LogP) is 4.83. The third kappa shape index (κ3) is 10.5. The molecule has 0 saturated heterocycles. The summed E-state index contributed by atoms with van der Waals surface area (Å²) in [4.78, 5) is 0. The molecule has 92 valence electrons. The molecule has 0 aromatic carbocycles. The van der Waals surface area contributed by atoms with E-state index >= 15 is 0 Å². The lowest BCUT2D eigenvalue weighted by molar-refractivity contribution is 0.119. The highest BCUT2D eigenvalue weighted by atomic mass is 28.4. The minimum atomic E-state index is -1.44. The fraction of sp³-hybridized carbons (Fsp3) is 1.00. The summed E-state index contributed by atoms with van der Waals surface area (Å²) in [6.45, 7) is 18.1. The second-order valence-corrected chi connectivity index (χ2v) is 11.6. The Hall–Kier alpha value is 0.177. The van der Waals surface area contributed by atoms with Crippen molar-refractivity contribution in [2.75, 3.05) is 0 Å². The van der Waals surface area contributed by atoms with Crippen LogP contribution in [0.1, 0.15) is 54.4 Å². The molecule has 0 heterocycles. The van der Waals surface area contributed by atoms with E-state index in [9.17, 15) is 0 Å². The molecule has 0 N–H and O–H groups in total. The number of hydrogen-bond acceptors (Lipinski definition) is 1. The van der Waals surface area contributed by atoms with Crippen molar-refractivity contribution in [3.05, 3.63) is 0 Å². The second-order valence-electron chi connectivity index (χ2n) is 7.39. The zero-order chi connectivity index (χ0) is 12.3. The summed E-state index contributed by atoms with van der Waals surface area (Å²) in [6, 6.07) is 1.28. The quantitative estimate of drug-likeness (QED) is 0.628. The van der Waals surface area contributed by atoms with E-state index in [-0.39, 0.29) is 5.60 Å². The van der Waals surface area contributed by atoms with Crippen LogP contribution in [-0.2, 0) is 4.43 Å². The lowest BCUT2D eigenvalue weighted by Crippen LogP contribution is -2.39. The minimum absolute atomic E-state index is 0.0253. The van der Waals surface area contributed by atoms with Crippen LogP contribution >= 0.6 is 0 Å². The molecule has 0 unspecified atom stereocenters. The summed E-state index contributed by atoms with van der Waals surface area (Å²) < 4.78 is 6.18. The van der Waals surface area contributed by atoms with Crippen molar-refractivity contribution >= 4 is 8.32 Å². The van der Waals surface area contributed by atoms with Crippen LogP contribution < -0.4 is 0 Å². The maximum absolute atomic E-state index is 6.18. The van der Waals surface area contributed by atoms with Crippen LogP contribution in [-0.4, -0.2) is 13.9 Å². The van der Waals surface area contributed by atoms with E-state index in [0.29, 0.717) is 5.41 Å². The summed E-state index contributed by atoms with van der Waals surface area (Å²) in [7, 11) is -1.44. The predicted molar refractivity (Wildman–Crippen MR) is 71.8 cm³/mol. The van der Waals surface area contributed by atoms with Gasteiger partial charge in [-0.15, -0.1) is 0 Å². The van der Waals surface area contributed by atoms with Gasteiger partial charge in [0.05, 0.1) is 0 Å². The maximum Gasteiger partial charge on any atom is 0.187 e. The van der Waals surface area contributed by atoms with Crippen molar-refractivity contribution < 1.29 is 4.43 Å². The van der Waals surface area contributed by atoms with Gasteiger partial charge in [-0.3, -0.25) is 0 Å². The summed E-state index contributed by atoms with van der Waals surface area (Å²) in [5.41, 5.74) is 0.490. The number of rotatable bonds is 4. The van der Waals surface area contributed by atoms with Gasteiger partial charge in [-0.25, -0.2) is 0 Å². The molecular formula is C13H30OSi. The van der Waals surface area contributed by atoms with E-state index in [2.05, 4.69) is 54.6 Å². The molecule has 0 spiro atoms. The van der Waals surface area contributed by atoms with Gasteiger partial charge < -0.3 is 4.43 Å². The molecule has 0 fully saturated rings. The van der Waals surface area contributed by atoms with Gasteiger partial charge in [0, 0.05) is 5.60 Å². The molecule has 0 rings (SSSR count). The topological polar surface area (TPSA) is 9.23 Å². The van der Waals surface area contributed by atoms with Crippen LogP contribution in [0.2, 0.25) is 19.1 Å². The van der Waals surface area contributed by atoms with E-state index in [1.807, 2.05) is 0 Å². The van der Waals surface area contributed by atoms with Crippen LogP contribution in [0.5, 0.6) is 0 Å². The Morgan fingerprint density at radius 3 is 1.73 bits per heavy atom. The second kappa shape index (κ2) is 5.01. The van der Waals surface area contributed by atoms with Crippen molar-refractivity contribution in [1.29, 1.82) is 0 Å². The normalized spacial score (nSPS) is 14.4. The van der Waals surface area contributed by atoms with Gasteiger partial charge in [-0.2, -0.15) is 0 Å². The third-order valence-corrected chi connectivity index (χ3v) is 5.01. The van der Waals surface area contributed by atoms with Crippen LogP contribution in [0.3, 0.4) is 0 Å². The molecule has 0 radical (unpaired) electrons. The Balaban J connectivity index is 3.95. The zero-order valence-electron chi connectivity index (χ0n) is 12.0. The first-order chi connectivity index (χ1) is 6.41. The monoisotopic (exact) mass is 230 g/mol. The third-order valence-electron chi connectivity index (χ3n) is 2.29. The average molecular weight is 230 g/mol. The van der Waals surface area contributed by atoms with Crippen molar-refractivity contribution in [2.24, 2.45) is 5.41 Å². The molecule has 0 saturated carbocycles. The first-order valence-electron chi connectivity index (χ1n) is 6.12. The molecule has 0 aliphatic rings. The highest BCUT2D eigenvalue weighted by molar-refractivity contribution is 6.71. The summed E-state index contributed by atoms with van der Waals surface area (Å²) >= 11 is 0. The Morgan fingerprint density at radius 1 is 0.933 bits per heavy atom. The highest BCUT2D eigenvalue weighted by Gasteiger charge is 2.28. The van der Waals surface area contributed by atoms with Gasteiger partial charge in [0.25, 0.3) is 0 Å². The molecule has 0 aliphatic carbocycles. The van der Waals surface area contributed by atoms with Crippen molar-refractivity contribution in [1.82, 2.24) is 0 Å². The molecule has 0 bridgehead atoms. The van der Waals surface area contributed by atoms with Gasteiger partial charge in [0.15, 0.2) is 8.32 Å². The maximum atomic E-state index is 6.18. The zero-order valence-corrected chi connectivity index (χ0v) is 13.0.